The zero-order valence-electron chi connectivity index (χ0n) is 11.8. The fraction of sp³-hybridized carbons (Fsp3) is 0.400. The minimum absolute atomic E-state index is 0.237. The highest BCUT2D eigenvalue weighted by Crippen LogP contribution is 2.34. The van der Waals surface area contributed by atoms with E-state index in [0.29, 0.717) is 28.1 Å². The zero-order valence-corrected chi connectivity index (χ0v) is 12.6. The molecule has 0 atom stereocenters. The number of carbonyl (C=O) groups is 1. The molecule has 108 valence electrons. The molecule has 0 aliphatic heterocycles. The van der Waals surface area contributed by atoms with Gasteiger partial charge < -0.3 is 10.0 Å². The second-order valence-electron chi connectivity index (χ2n) is 5.42. The Labute approximate surface area is 121 Å². The minimum atomic E-state index is -0.987. The van der Waals surface area contributed by atoms with Gasteiger partial charge in [0, 0.05) is 28.7 Å². The molecule has 0 unspecified atom stereocenters. The van der Waals surface area contributed by atoms with Crippen molar-refractivity contribution in [1.82, 2.24) is 4.90 Å². The Morgan fingerprint density at radius 2 is 2.15 bits per heavy atom. The van der Waals surface area contributed by atoms with Crippen LogP contribution in [0.5, 0.6) is 0 Å². The van der Waals surface area contributed by atoms with E-state index in [0.717, 1.165) is 17.9 Å². The van der Waals surface area contributed by atoms with Gasteiger partial charge in [-0.1, -0.05) is 19.9 Å². The molecular weight excluding hydrogens is 277 g/mol. The minimum Gasteiger partial charge on any atom is -0.477 e. The van der Waals surface area contributed by atoms with E-state index in [2.05, 4.69) is 13.8 Å². The molecule has 0 amide bonds. The predicted molar refractivity (Wildman–Crippen MR) is 79.9 cm³/mol. The first-order valence-electron chi connectivity index (χ1n) is 6.52. The molecule has 3 nitrogen and oxygen atoms in total. The van der Waals surface area contributed by atoms with Crippen molar-refractivity contribution in [3.8, 4) is 0 Å². The molecule has 2 rings (SSSR count). The van der Waals surface area contributed by atoms with E-state index >= 15 is 0 Å². The molecule has 1 aromatic carbocycles. The highest BCUT2D eigenvalue weighted by atomic mass is 32.1. The number of thiophene rings is 1. The highest BCUT2D eigenvalue weighted by Gasteiger charge is 2.21. The van der Waals surface area contributed by atoms with Crippen molar-refractivity contribution >= 4 is 27.4 Å². The summed E-state index contributed by atoms with van der Waals surface area (Å²) in [4.78, 5) is 13.6. The molecule has 5 heteroatoms. The van der Waals surface area contributed by atoms with E-state index in [1.165, 1.54) is 6.07 Å². The fourth-order valence-electron chi connectivity index (χ4n) is 2.45. The Morgan fingerprint density at radius 3 is 2.75 bits per heavy atom. The van der Waals surface area contributed by atoms with Crippen LogP contribution in [0.4, 0.5) is 4.39 Å². The Bertz CT molecular complexity index is 636. The van der Waals surface area contributed by atoms with E-state index in [1.807, 2.05) is 11.9 Å². The van der Waals surface area contributed by atoms with E-state index < -0.39 is 5.97 Å². The predicted octanol–water partition coefficient (Wildman–Crippen LogP) is 3.83. The quantitative estimate of drug-likeness (QED) is 0.911. The molecular formula is C15H18FNO2S. The topological polar surface area (TPSA) is 40.5 Å². The van der Waals surface area contributed by atoms with Gasteiger partial charge in [0.15, 0.2) is 0 Å². The number of hydrogen-bond donors (Lipinski definition) is 1. The number of benzene rings is 1. The molecule has 0 aliphatic rings. The van der Waals surface area contributed by atoms with Crippen LogP contribution in [0.1, 0.15) is 29.1 Å². The number of halogens is 1. The normalized spacial score (nSPS) is 11.7. The van der Waals surface area contributed by atoms with Crippen LogP contribution < -0.4 is 0 Å². The number of aromatic carboxylic acids is 1. The van der Waals surface area contributed by atoms with Crippen LogP contribution in [-0.4, -0.2) is 29.6 Å². The number of carboxylic acids is 1. The molecule has 1 heterocycles. The Morgan fingerprint density at radius 1 is 1.45 bits per heavy atom. The number of hydrogen-bond acceptors (Lipinski definition) is 3. The first-order valence-corrected chi connectivity index (χ1v) is 7.33. The lowest BCUT2D eigenvalue weighted by Crippen LogP contribution is -2.23. The van der Waals surface area contributed by atoms with E-state index in [-0.39, 0.29) is 10.7 Å². The van der Waals surface area contributed by atoms with Crippen LogP contribution in [0.2, 0.25) is 0 Å². The summed E-state index contributed by atoms with van der Waals surface area (Å²) < 4.78 is 14.7. The van der Waals surface area contributed by atoms with Gasteiger partial charge in [-0.05, 0) is 25.1 Å². The maximum Gasteiger partial charge on any atom is 0.346 e. The smallest absolute Gasteiger partial charge is 0.346 e. The summed E-state index contributed by atoms with van der Waals surface area (Å²) in [6.45, 7) is 5.48. The van der Waals surface area contributed by atoms with Gasteiger partial charge >= 0.3 is 5.97 Å². The van der Waals surface area contributed by atoms with Crippen LogP contribution in [0.3, 0.4) is 0 Å². The Kier molecular flexibility index (Phi) is 4.40. The molecule has 0 fully saturated rings. The van der Waals surface area contributed by atoms with Crippen molar-refractivity contribution in [1.29, 1.82) is 0 Å². The number of nitrogens with zero attached hydrogens (tertiary/aromatic N) is 1. The van der Waals surface area contributed by atoms with Gasteiger partial charge in [-0.15, -0.1) is 11.3 Å². The third-order valence-corrected chi connectivity index (χ3v) is 4.25. The van der Waals surface area contributed by atoms with Gasteiger partial charge in [0.2, 0.25) is 0 Å². The fourth-order valence-corrected chi connectivity index (χ4v) is 3.52. The summed E-state index contributed by atoms with van der Waals surface area (Å²) in [5, 5.41) is 9.77. The van der Waals surface area contributed by atoms with E-state index in [9.17, 15) is 14.3 Å². The Balaban J connectivity index is 2.48. The summed E-state index contributed by atoms with van der Waals surface area (Å²) in [6.07, 6.45) is 0. The molecule has 0 spiro atoms. The van der Waals surface area contributed by atoms with Crippen molar-refractivity contribution < 1.29 is 14.3 Å². The van der Waals surface area contributed by atoms with Gasteiger partial charge in [-0.2, -0.15) is 0 Å². The summed E-state index contributed by atoms with van der Waals surface area (Å²) in [7, 11) is 1.93. The van der Waals surface area contributed by atoms with Crippen molar-refractivity contribution in [3.63, 3.8) is 0 Å². The molecule has 0 bridgehead atoms. The van der Waals surface area contributed by atoms with Crippen LogP contribution >= 0.6 is 11.3 Å². The number of fused-ring (bicyclic) bond motifs is 1. The highest BCUT2D eigenvalue weighted by molar-refractivity contribution is 7.21. The maximum absolute atomic E-state index is 14.0. The second-order valence-corrected chi connectivity index (χ2v) is 6.47. The SMILES string of the molecule is CC(C)CN(C)Cc1c(C(=O)O)sc2cccc(F)c12. The van der Waals surface area contributed by atoms with Gasteiger partial charge in [0.05, 0.1) is 0 Å². The van der Waals surface area contributed by atoms with Crippen molar-refractivity contribution in [2.45, 2.75) is 20.4 Å². The average molecular weight is 295 g/mol. The first kappa shape index (κ1) is 14.9. The Hall–Kier alpha value is -1.46. The summed E-state index contributed by atoms with van der Waals surface area (Å²) >= 11 is 1.14. The van der Waals surface area contributed by atoms with Crippen molar-refractivity contribution in [3.05, 3.63) is 34.5 Å². The summed E-state index contributed by atoms with van der Waals surface area (Å²) in [5.41, 5.74) is 0.582. The van der Waals surface area contributed by atoms with Crippen LogP contribution in [-0.2, 0) is 6.54 Å². The molecule has 0 saturated heterocycles. The number of carboxylic acid groups (broad SMARTS) is 1. The number of rotatable bonds is 5. The molecule has 0 saturated carbocycles. The second kappa shape index (κ2) is 5.89. The third-order valence-electron chi connectivity index (χ3n) is 3.06. The lowest BCUT2D eigenvalue weighted by Gasteiger charge is -2.19. The van der Waals surface area contributed by atoms with Crippen molar-refractivity contribution in [2.24, 2.45) is 5.92 Å². The van der Waals surface area contributed by atoms with Gasteiger partial charge in [-0.25, -0.2) is 9.18 Å². The third kappa shape index (κ3) is 2.99. The van der Waals surface area contributed by atoms with Crippen LogP contribution in [0.15, 0.2) is 18.2 Å². The summed E-state index contributed by atoms with van der Waals surface area (Å²) in [6, 6.07) is 4.76. The molecule has 2 aromatic rings. The standard InChI is InChI=1S/C15H18FNO2S/c1-9(2)7-17(3)8-10-13-11(16)5-4-6-12(13)20-14(10)15(18)19/h4-6,9H,7-8H2,1-3H3,(H,18,19). The summed E-state index contributed by atoms with van der Waals surface area (Å²) in [5.74, 6) is -0.860. The molecule has 0 aliphatic carbocycles. The largest absolute Gasteiger partial charge is 0.477 e. The lowest BCUT2D eigenvalue weighted by molar-refractivity contribution is 0.0700. The molecule has 1 N–H and O–H groups in total. The molecule has 20 heavy (non-hydrogen) atoms. The van der Waals surface area contributed by atoms with Crippen molar-refractivity contribution in [2.75, 3.05) is 13.6 Å². The first-order chi connectivity index (χ1) is 9.40. The van der Waals surface area contributed by atoms with E-state index in [1.54, 1.807) is 12.1 Å². The lowest BCUT2D eigenvalue weighted by atomic mass is 10.1. The van der Waals surface area contributed by atoms with Gasteiger partial charge in [0.25, 0.3) is 0 Å². The molecule has 1 aromatic heterocycles. The van der Waals surface area contributed by atoms with E-state index in [4.69, 9.17) is 0 Å². The maximum atomic E-state index is 14.0. The zero-order chi connectivity index (χ0) is 14.9. The molecule has 0 radical (unpaired) electrons. The average Bonchev–Trinajstić information content (AvgIpc) is 2.68. The monoisotopic (exact) mass is 295 g/mol. The van der Waals surface area contributed by atoms with Crippen LogP contribution in [0, 0.1) is 11.7 Å². The van der Waals surface area contributed by atoms with Gasteiger partial charge in [-0.3, -0.25) is 0 Å². The van der Waals surface area contributed by atoms with Crippen LogP contribution in [0.25, 0.3) is 10.1 Å². The van der Waals surface area contributed by atoms with Gasteiger partial charge in [0.1, 0.15) is 10.7 Å².